The van der Waals surface area contributed by atoms with Gasteiger partial charge in [0.2, 0.25) is 11.8 Å². The number of nitrogens with zero attached hydrogens (tertiary/aromatic N) is 2. The Morgan fingerprint density at radius 2 is 2.25 bits per heavy atom. The fraction of sp³-hybridized carbons (Fsp3) is 0.353. The lowest BCUT2D eigenvalue weighted by atomic mass is 10.0. The van der Waals surface area contributed by atoms with Crippen LogP contribution in [-0.4, -0.2) is 22.8 Å². The number of rotatable bonds is 5. The minimum Gasteiger partial charge on any atom is -0.300 e. The number of anilines is 2. The summed E-state index contributed by atoms with van der Waals surface area (Å²) in [5.74, 6) is -0.0639. The lowest BCUT2D eigenvalue weighted by Gasteiger charge is -2.28. The molecule has 24 heavy (non-hydrogen) atoms. The number of fused-ring (bicyclic) bond motifs is 1. The van der Waals surface area contributed by atoms with Crippen molar-refractivity contribution in [1.82, 2.24) is 4.98 Å². The zero-order valence-electron chi connectivity index (χ0n) is 13.5. The van der Waals surface area contributed by atoms with Crippen LogP contribution in [0.1, 0.15) is 25.8 Å². The van der Waals surface area contributed by atoms with Gasteiger partial charge < -0.3 is 5.32 Å². The van der Waals surface area contributed by atoms with Crippen LogP contribution in [0, 0.1) is 5.92 Å². The van der Waals surface area contributed by atoms with Crippen LogP contribution in [-0.2, 0) is 16.0 Å². The maximum absolute atomic E-state index is 12.8. The minimum atomic E-state index is -0.582. The number of hydrogen-bond acceptors (Lipinski definition) is 4. The van der Waals surface area contributed by atoms with Crippen LogP contribution >= 0.6 is 22.9 Å². The minimum absolute atomic E-state index is 0.0990. The summed E-state index contributed by atoms with van der Waals surface area (Å²) in [6.07, 6.45) is 2.43. The number of nitrogens with one attached hydrogen (secondary N) is 1. The summed E-state index contributed by atoms with van der Waals surface area (Å²) < 4.78 is 0. The molecule has 0 aliphatic carbocycles. The third kappa shape index (κ3) is 3.30. The highest BCUT2D eigenvalue weighted by Gasteiger charge is 2.38. The topological polar surface area (TPSA) is 62.3 Å². The molecule has 1 aromatic carbocycles. The Morgan fingerprint density at radius 1 is 1.46 bits per heavy atom. The molecule has 2 aromatic rings. The van der Waals surface area contributed by atoms with E-state index in [0.29, 0.717) is 16.6 Å². The molecule has 1 aliphatic rings. The molecule has 0 fully saturated rings. The molecule has 1 atom stereocenters. The molecule has 2 heterocycles. The average molecular weight is 364 g/mol. The Bertz CT molecular complexity index is 761. The van der Waals surface area contributed by atoms with Gasteiger partial charge in [-0.1, -0.05) is 31.5 Å². The predicted molar refractivity (Wildman–Crippen MR) is 96.6 cm³/mol. The van der Waals surface area contributed by atoms with Crippen LogP contribution in [0.3, 0.4) is 0 Å². The summed E-state index contributed by atoms with van der Waals surface area (Å²) in [5.41, 5.74) is 1.52. The molecule has 0 saturated heterocycles. The Hall–Kier alpha value is -1.92. The highest BCUT2D eigenvalue weighted by atomic mass is 35.5. The third-order valence-electron chi connectivity index (χ3n) is 3.92. The van der Waals surface area contributed by atoms with E-state index in [9.17, 15) is 9.59 Å². The van der Waals surface area contributed by atoms with Crippen molar-refractivity contribution in [2.24, 2.45) is 5.92 Å². The molecule has 0 saturated carbocycles. The molecule has 1 aromatic heterocycles. The second kappa shape index (κ2) is 6.91. The SMILES string of the molecule is CC(C)CC(C(=O)Nc1nccs1)N1C(=O)Cc2c(Cl)cccc21. The number of halogens is 1. The van der Waals surface area contributed by atoms with Gasteiger partial charge in [0.1, 0.15) is 6.04 Å². The van der Waals surface area contributed by atoms with E-state index >= 15 is 0 Å². The molecule has 1 unspecified atom stereocenters. The second-order valence-corrected chi connectivity index (χ2v) is 7.45. The number of hydrogen-bond donors (Lipinski definition) is 1. The summed E-state index contributed by atoms with van der Waals surface area (Å²) in [4.78, 5) is 31.1. The van der Waals surface area contributed by atoms with Crippen molar-refractivity contribution in [1.29, 1.82) is 0 Å². The van der Waals surface area contributed by atoms with Crippen LogP contribution in [0.2, 0.25) is 5.02 Å². The van der Waals surface area contributed by atoms with E-state index < -0.39 is 6.04 Å². The van der Waals surface area contributed by atoms with Crippen molar-refractivity contribution in [3.8, 4) is 0 Å². The van der Waals surface area contributed by atoms with E-state index in [0.717, 1.165) is 11.3 Å². The van der Waals surface area contributed by atoms with E-state index in [-0.39, 0.29) is 24.2 Å². The lowest BCUT2D eigenvalue weighted by molar-refractivity contribution is -0.123. The summed E-state index contributed by atoms with van der Waals surface area (Å²) in [7, 11) is 0. The largest absolute Gasteiger partial charge is 0.300 e. The molecule has 5 nitrogen and oxygen atoms in total. The van der Waals surface area contributed by atoms with Gasteiger partial charge in [0.15, 0.2) is 5.13 Å². The number of carbonyl (C=O) groups is 2. The summed E-state index contributed by atoms with van der Waals surface area (Å²) in [6.45, 7) is 4.06. The van der Waals surface area contributed by atoms with Crippen LogP contribution in [0.25, 0.3) is 0 Å². The monoisotopic (exact) mass is 363 g/mol. The van der Waals surface area contributed by atoms with Gasteiger partial charge in [-0.2, -0.15) is 0 Å². The quantitative estimate of drug-likeness (QED) is 0.880. The second-order valence-electron chi connectivity index (χ2n) is 6.15. The van der Waals surface area contributed by atoms with Gasteiger partial charge in [-0.3, -0.25) is 14.5 Å². The Labute approximate surface area is 149 Å². The lowest BCUT2D eigenvalue weighted by Crippen LogP contribution is -2.46. The number of aromatic nitrogens is 1. The fourth-order valence-electron chi connectivity index (χ4n) is 2.91. The number of thiazole rings is 1. The van der Waals surface area contributed by atoms with Crippen molar-refractivity contribution in [2.75, 3.05) is 10.2 Å². The van der Waals surface area contributed by atoms with E-state index in [1.54, 1.807) is 28.6 Å². The third-order valence-corrected chi connectivity index (χ3v) is 4.96. The van der Waals surface area contributed by atoms with Gasteiger partial charge in [0.05, 0.1) is 6.42 Å². The van der Waals surface area contributed by atoms with Crippen molar-refractivity contribution in [3.05, 3.63) is 40.4 Å². The molecule has 1 N–H and O–H groups in total. The first-order chi connectivity index (χ1) is 11.5. The molecule has 1 aliphatic heterocycles. The van der Waals surface area contributed by atoms with Gasteiger partial charge >= 0.3 is 0 Å². The van der Waals surface area contributed by atoms with Crippen LogP contribution in [0.4, 0.5) is 10.8 Å². The maximum Gasteiger partial charge on any atom is 0.249 e. The van der Waals surface area contributed by atoms with Crippen LogP contribution in [0.5, 0.6) is 0 Å². The van der Waals surface area contributed by atoms with E-state index in [4.69, 9.17) is 11.6 Å². The number of benzene rings is 1. The molecule has 0 bridgehead atoms. The first kappa shape index (κ1) is 16.9. The maximum atomic E-state index is 12.8. The summed E-state index contributed by atoms with van der Waals surface area (Å²) in [6, 6.07) is 4.83. The molecule has 0 radical (unpaired) electrons. The van der Waals surface area contributed by atoms with E-state index in [2.05, 4.69) is 10.3 Å². The zero-order chi connectivity index (χ0) is 17.3. The summed E-state index contributed by atoms with van der Waals surface area (Å²) in [5, 5.41) is 5.70. The predicted octanol–water partition coefficient (Wildman–Crippen LogP) is 3.74. The standard InChI is InChI=1S/C17H18ClN3O2S/c1-10(2)8-14(16(23)20-17-19-6-7-24-17)21-13-5-3-4-12(18)11(13)9-15(21)22/h3-7,10,14H,8-9H2,1-2H3,(H,19,20,23). The Balaban J connectivity index is 1.93. The van der Waals surface area contributed by atoms with E-state index in [1.165, 1.54) is 11.3 Å². The van der Waals surface area contributed by atoms with Crippen LogP contribution in [0.15, 0.2) is 29.8 Å². The van der Waals surface area contributed by atoms with E-state index in [1.807, 2.05) is 19.9 Å². The smallest absolute Gasteiger partial charge is 0.249 e. The van der Waals surface area contributed by atoms with Crippen LogP contribution < -0.4 is 10.2 Å². The van der Waals surface area contributed by atoms with Crippen molar-refractivity contribution in [2.45, 2.75) is 32.7 Å². The Morgan fingerprint density at radius 3 is 2.92 bits per heavy atom. The highest BCUT2D eigenvalue weighted by Crippen LogP contribution is 2.36. The number of carbonyl (C=O) groups excluding carboxylic acids is 2. The number of amides is 2. The molecular weight excluding hydrogens is 346 g/mol. The highest BCUT2D eigenvalue weighted by molar-refractivity contribution is 7.13. The Kier molecular flexibility index (Phi) is 4.87. The molecule has 3 rings (SSSR count). The van der Waals surface area contributed by atoms with Gasteiger partial charge in [0, 0.05) is 27.9 Å². The summed E-state index contributed by atoms with van der Waals surface area (Å²) >= 11 is 7.57. The van der Waals surface area contributed by atoms with Gasteiger partial charge in [-0.25, -0.2) is 4.98 Å². The first-order valence-electron chi connectivity index (χ1n) is 7.77. The molecule has 0 spiro atoms. The first-order valence-corrected chi connectivity index (χ1v) is 9.03. The van der Waals surface area contributed by atoms with Crippen molar-refractivity contribution < 1.29 is 9.59 Å². The van der Waals surface area contributed by atoms with Gasteiger partial charge in [-0.15, -0.1) is 11.3 Å². The zero-order valence-corrected chi connectivity index (χ0v) is 15.0. The molecule has 126 valence electrons. The van der Waals surface area contributed by atoms with Gasteiger partial charge in [-0.05, 0) is 24.5 Å². The molecule has 7 heteroatoms. The van der Waals surface area contributed by atoms with Crippen molar-refractivity contribution >= 4 is 45.6 Å². The molecular formula is C17H18ClN3O2S. The fourth-order valence-corrected chi connectivity index (χ4v) is 3.68. The molecule has 2 amide bonds. The van der Waals surface area contributed by atoms with Gasteiger partial charge in [0.25, 0.3) is 0 Å². The normalized spacial score (nSPS) is 14.8. The average Bonchev–Trinajstić information content (AvgIpc) is 3.13. The van der Waals surface area contributed by atoms with Crippen molar-refractivity contribution in [3.63, 3.8) is 0 Å².